The maximum atomic E-state index is 13.7. The summed E-state index contributed by atoms with van der Waals surface area (Å²) in [6.45, 7) is 3.99. The molecule has 2 nitrogen and oxygen atoms in total. The van der Waals surface area contributed by atoms with Crippen molar-refractivity contribution in [1.82, 2.24) is 5.43 Å². The molecule has 1 atom stereocenters. The molecular weight excluding hydrogens is 254 g/mol. The van der Waals surface area contributed by atoms with Crippen molar-refractivity contribution in [3.05, 3.63) is 56.8 Å². The van der Waals surface area contributed by atoms with Crippen molar-refractivity contribution in [3.8, 4) is 0 Å². The van der Waals surface area contributed by atoms with Gasteiger partial charge in [0.25, 0.3) is 0 Å². The lowest BCUT2D eigenvalue weighted by Gasteiger charge is -2.15. The molecule has 0 spiro atoms. The van der Waals surface area contributed by atoms with Crippen molar-refractivity contribution in [1.29, 1.82) is 0 Å². The third-order valence-electron chi connectivity index (χ3n) is 2.91. The summed E-state index contributed by atoms with van der Waals surface area (Å²) in [6.07, 6.45) is 0. The molecule has 1 unspecified atom stereocenters. The molecule has 0 saturated heterocycles. The first-order chi connectivity index (χ1) is 8.52. The Kier molecular flexibility index (Phi) is 3.75. The highest BCUT2D eigenvalue weighted by molar-refractivity contribution is 7.12. The van der Waals surface area contributed by atoms with Gasteiger partial charge in [0.15, 0.2) is 0 Å². The van der Waals surface area contributed by atoms with E-state index in [1.807, 2.05) is 19.9 Å². The zero-order chi connectivity index (χ0) is 13.3. The lowest BCUT2D eigenvalue weighted by Crippen LogP contribution is -2.29. The molecule has 0 aliphatic carbocycles. The van der Waals surface area contributed by atoms with Gasteiger partial charge in [-0.15, -0.1) is 11.3 Å². The Morgan fingerprint density at radius 2 is 1.94 bits per heavy atom. The predicted octanol–water partition coefficient (Wildman–Crippen LogP) is 3.20. The van der Waals surface area contributed by atoms with E-state index in [9.17, 15) is 8.78 Å². The van der Waals surface area contributed by atoms with Crippen molar-refractivity contribution in [2.45, 2.75) is 19.9 Å². The number of aryl methyl sites for hydroxylation is 2. The SMILES string of the molecule is Cc1cc(C(NN)c2ccc(F)cc2F)sc1C. The quantitative estimate of drug-likeness (QED) is 0.662. The van der Waals surface area contributed by atoms with E-state index in [0.29, 0.717) is 5.56 Å². The number of hydrogen-bond donors (Lipinski definition) is 2. The molecule has 2 aromatic rings. The van der Waals surface area contributed by atoms with Crippen LogP contribution in [0.1, 0.15) is 26.9 Å². The van der Waals surface area contributed by atoms with E-state index < -0.39 is 17.7 Å². The van der Waals surface area contributed by atoms with Crippen LogP contribution in [0.3, 0.4) is 0 Å². The fourth-order valence-electron chi connectivity index (χ4n) is 1.80. The molecule has 1 heterocycles. The molecule has 0 fully saturated rings. The molecule has 0 radical (unpaired) electrons. The van der Waals surface area contributed by atoms with Gasteiger partial charge in [-0.3, -0.25) is 5.84 Å². The van der Waals surface area contributed by atoms with Gasteiger partial charge in [-0.1, -0.05) is 6.07 Å². The predicted molar refractivity (Wildman–Crippen MR) is 69.3 cm³/mol. The summed E-state index contributed by atoms with van der Waals surface area (Å²) in [6, 6.07) is 5.03. The highest BCUT2D eigenvalue weighted by Crippen LogP contribution is 2.31. The molecule has 0 amide bonds. The molecule has 0 aliphatic rings. The number of nitrogens with one attached hydrogen (secondary N) is 1. The fourth-order valence-corrected chi connectivity index (χ4v) is 2.93. The Balaban J connectivity index is 2.45. The molecule has 2 rings (SSSR count). The minimum absolute atomic E-state index is 0.347. The molecule has 0 saturated carbocycles. The van der Waals surface area contributed by atoms with Crippen molar-refractivity contribution in [2.75, 3.05) is 0 Å². The number of halogens is 2. The van der Waals surface area contributed by atoms with E-state index in [4.69, 9.17) is 5.84 Å². The summed E-state index contributed by atoms with van der Waals surface area (Å²) in [4.78, 5) is 2.07. The van der Waals surface area contributed by atoms with Crippen molar-refractivity contribution < 1.29 is 8.78 Å². The van der Waals surface area contributed by atoms with Crippen LogP contribution in [0.4, 0.5) is 8.78 Å². The Bertz CT molecular complexity index is 547. The summed E-state index contributed by atoms with van der Waals surface area (Å²) in [5, 5.41) is 0. The van der Waals surface area contributed by atoms with Crippen molar-refractivity contribution >= 4 is 11.3 Å². The smallest absolute Gasteiger partial charge is 0.131 e. The van der Waals surface area contributed by atoms with E-state index in [1.165, 1.54) is 12.1 Å². The van der Waals surface area contributed by atoms with Crippen LogP contribution in [0.15, 0.2) is 24.3 Å². The summed E-state index contributed by atoms with van der Waals surface area (Å²) >= 11 is 1.55. The molecular formula is C13H14F2N2S. The standard InChI is InChI=1S/C13H14F2N2S/c1-7-5-12(18-8(7)2)13(17-16)10-4-3-9(14)6-11(10)15/h3-6,13,17H,16H2,1-2H3. The van der Waals surface area contributed by atoms with Gasteiger partial charge >= 0.3 is 0 Å². The van der Waals surface area contributed by atoms with Gasteiger partial charge in [0.2, 0.25) is 0 Å². The maximum absolute atomic E-state index is 13.7. The number of rotatable bonds is 3. The van der Waals surface area contributed by atoms with Crippen LogP contribution in [0, 0.1) is 25.5 Å². The summed E-state index contributed by atoms with van der Waals surface area (Å²) in [5.41, 5.74) is 4.07. The van der Waals surface area contributed by atoms with Crippen LogP contribution in [0.2, 0.25) is 0 Å². The fraction of sp³-hybridized carbons (Fsp3) is 0.231. The van der Waals surface area contributed by atoms with Gasteiger partial charge in [-0.05, 0) is 31.5 Å². The van der Waals surface area contributed by atoms with Crippen LogP contribution < -0.4 is 11.3 Å². The van der Waals surface area contributed by atoms with Crippen LogP contribution in [0.5, 0.6) is 0 Å². The normalized spacial score (nSPS) is 12.7. The largest absolute Gasteiger partial charge is 0.271 e. The average Bonchev–Trinajstić information content (AvgIpc) is 2.63. The molecule has 3 N–H and O–H groups in total. The van der Waals surface area contributed by atoms with Gasteiger partial charge in [-0.25, -0.2) is 14.2 Å². The number of hydrogen-bond acceptors (Lipinski definition) is 3. The lowest BCUT2D eigenvalue weighted by atomic mass is 10.0. The first-order valence-electron chi connectivity index (χ1n) is 5.51. The molecule has 18 heavy (non-hydrogen) atoms. The molecule has 96 valence electrons. The Morgan fingerprint density at radius 3 is 2.44 bits per heavy atom. The van der Waals surface area contributed by atoms with Crippen molar-refractivity contribution in [2.24, 2.45) is 5.84 Å². The highest BCUT2D eigenvalue weighted by atomic mass is 32.1. The summed E-state index contributed by atoms with van der Waals surface area (Å²) in [5.74, 6) is 4.31. The van der Waals surface area contributed by atoms with E-state index in [2.05, 4.69) is 5.43 Å². The maximum Gasteiger partial charge on any atom is 0.131 e. The zero-order valence-electron chi connectivity index (χ0n) is 10.1. The van der Waals surface area contributed by atoms with Crippen LogP contribution in [-0.2, 0) is 0 Å². The second-order valence-electron chi connectivity index (χ2n) is 4.15. The zero-order valence-corrected chi connectivity index (χ0v) is 10.9. The first kappa shape index (κ1) is 13.1. The topological polar surface area (TPSA) is 38.0 Å². The Labute approximate surface area is 108 Å². The molecule has 1 aromatic heterocycles. The highest BCUT2D eigenvalue weighted by Gasteiger charge is 2.19. The monoisotopic (exact) mass is 268 g/mol. The van der Waals surface area contributed by atoms with Gasteiger partial charge < -0.3 is 0 Å². The number of hydrazine groups is 1. The third kappa shape index (κ3) is 2.43. The first-order valence-corrected chi connectivity index (χ1v) is 6.32. The van der Waals surface area contributed by atoms with E-state index in [-0.39, 0.29) is 0 Å². The van der Waals surface area contributed by atoms with Crippen LogP contribution in [-0.4, -0.2) is 0 Å². The van der Waals surface area contributed by atoms with E-state index in [1.54, 1.807) is 11.3 Å². The number of thiophene rings is 1. The van der Waals surface area contributed by atoms with Gasteiger partial charge in [-0.2, -0.15) is 0 Å². The Hall–Kier alpha value is -1.30. The average molecular weight is 268 g/mol. The second-order valence-corrected chi connectivity index (χ2v) is 5.44. The summed E-state index contributed by atoms with van der Waals surface area (Å²) in [7, 11) is 0. The molecule has 5 heteroatoms. The molecule has 1 aromatic carbocycles. The van der Waals surface area contributed by atoms with E-state index in [0.717, 1.165) is 21.4 Å². The number of nitrogens with two attached hydrogens (primary N) is 1. The van der Waals surface area contributed by atoms with Gasteiger partial charge in [0.05, 0.1) is 6.04 Å². The van der Waals surface area contributed by atoms with E-state index >= 15 is 0 Å². The number of benzene rings is 1. The lowest BCUT2D eigenvalue weighted by molar-refractivity contribution is 0.544. The summed E-state index contributed by atoms with van der Waals surface area (Å²) < 4.78 is 26.6. The minimum Gasteiger partial charge on any atom is -0.271 e. The minimum atomic E-state index is -0.596. The Morgan fingerprint density at radius 1 is 1.22 bits per heavy atom. The third-order valence-corrected chi connectivity index (χ3v) is 4.13. The van der Waals surface area contributed by atoms with Gasteiger partial charge in [0, 0.05) is 21.4 Å². The second kappa shape index (κ2) is 5.14. The van der Waals surface area contributed by atoms with Crippen LogP contribution >= 0.6 is 11.3 Å². The van der Waals surface area contributed by atoms with Crippen molar-refractivity contribution in [3.63, 3.8) is 0 Å². The molecule has 0 bridgehead atoms. The molecule has 0 aliphatic heterocycles. The van der Waals surface area contributed by atoms with Crippen LogP contribution in [0.25, 0.3) is 0 Å². The van der Waals surface area contributed by atoms with Gasteiger partial charge in [0.1, 0.15) is 11.6 Å².